The van der Waals surface area contributed by atoms with Crippen molar-refractivity contribution in [3.8, 4) is 5.75 Å². The summed E-state index contributed by atoms with van der Waals surface area (Å²) in [7, 11) is -0.787. The molecule has 2 heterocycles. The minimum atomic E-state index is -0.787. The van der Waals surface area contributed by atoms with E-state index in [1.807, 2.05) is 36.4 Å². The number of aromatic nitrogens is 1. The maximum atomic E-state index is 10.3. The summed E-state index contributed by atoms with van der Waals surface area (Å²) in [6.45, 7) is 6.22. The lowest BCUT2D eigenvalue weighted by atomic mass is 9.77. The molecule has 0 spiro atoms. The summed E-state index contributed by atoms with van der Waals surface area (Å²) in [6.07, 6.45) is 8.22. The van der Waals surface area contributed by atoms with Gasteiger partial charge < -0.3 is 14.8 Å². The largest absolute Gasteiger partial charge is 0.507 e. The molecule has 4 nitrogen and oxygen atoms in total. The Balaban J connectivity index is 1.89. The normalized spacial score (nSPS) is 17.2. The zero-order chi connectivity index (χ0) is 20.8. The van der Waals surface area contributed by atoms with Gasteiger partial charge in [0.2, 0.25) is 0 Å². The first-order valence-electron chi connectivity index (χ1n) is 9.80. The maximum absolute atomic E-state index is 10.3. The second kappa shape index (κ2) is 10.1. The number of phenolic OH excluding ortho intramolecular Hbond substituents is 1. The molecule has 2 N–H and O–H groups in total. The molecule has 0 saturated carbocycles. The van der Waals surface area contributed by atoms with Gasteiger partial charge in [-0.25, -0.2) is 0 Å². The van der Waals surface area contributed by atoms with Crippen LogP contribution >= 0.6 is 15.9 Å². The highest BCUT2D eigenvalue weighted by atomic mass is 79.9. The lowest BCUT2D eigenvalue weighted by Crippen LogP contribution is -2.31. The molecule has 2 aromatic rings. The summed E-state index contributed by atoms with van der Waals surface area (Å²) >= 11 is 3.46. The Morgan fingerprint density at radius 1 is 1.38 bits per heavy atom. The fraction of sp³-hybridized carbons (Fsp3) is 0.261. The molecule has 1 atom stereocenters. The van der Waals surface area contributed by atoms with Crippen molar-refractivity contribution in [2.24, 2.45) is 0 Å². The summed E-state index contributed by atoms with van der Waals surface area (Å²) in [5.74, 6) is 0.214. The number of benzene rings is 1. The third-order valence-electron chi connectivity index (χ3n) is 5.03. The van der Waals surface area contributed by atoms with Crippen LogP contribution in [0.5, 0.6) is 5.75 Å². The van der Waals surface area contributed by atoms with Crippen LogP contribution in [0.2, 0.25) is 6.32 Å². The lowest BCUT2D eigenvalue weighted by Gasteiger charge is -2.28. The van der Waals surface area contributed by atoms with Crippen molar-refractivity contribution in [1.82, 2.24) is 4.98 Å². The molecule has 0 saturated heterocycles. The zero-order valence-corrected chi connectivity index (χ0v) is 18.1. The lowest BCUT2D eigenvalue weighted by molar-refractivity contribution is 0.184. The average molecular weight is 454 g/mol. The van der Waals surface area contributed by atoms with Crippen LogP contribution < -0.4 is 0 Å². The predicted octanol–water partition coefficient (Wildman–Crippen LogP) is 5.64. The SMILES string of the molecule is C=C(CC)C1=CCB(O)OC1CC/C(=C/c1cc(Br)ccc1O)c1ccccn1. The van der Waals surface area contributed by atoms with E-state index >= 15 is 0 Å². The number of hydrogen-bond donors (Lipinski definition) is 2. The average Bonchev–Trinajstić information content (AvgIpc) is 2.73. The fourth-order valence-corrected chi connectivity index (χ4v) is 3.80. The fourth-order valence-electron chi connectivity index (χ4n) is 3.42. The van der Waals surface area contributed by atoms with Crippen LogP contribution in [0, 0.1) is 0 Å². The van der Waals surface area contributed by atoms with Gasteiger partial charge in [0.25, 0.3) is 0 Å². The molecule has 150 valence electrons. The molecule has 3 rings (SSSR count). The van der Waals surface area contributed by atoms with Crippen LogP contribution in [0.3, 0.4) is 0 Å². The van der Waals surface area contributed by atoms with Gasteiger partial charge in [0.05, 0.1) is 11.8 Å². The number of pyridine rings is 1. The number of hydrogen-bond acceptors (Lipinski definition) is 4. The van der Waals surface area contributed by atoms with E-state index in [1.165, 1.54) is 0 Å². The van der Waals surface area contributed by atoms with Gasteiger partial charge in [-0.05, 0) is 66.8 Å². The number of nitrogens with zero attached hydrogens (tertiary/aromatic N) is 1. The monoisotopic (exact) mass is 453 g/mol. The van der Waals surface area contributed by atoms with E-state index in [4.69, 9.17) is 4.65 Å². The van der Waals surface area contributed by atoms with Crippen molar-refractivity contribution >= 4 is 34.7 Å². The second-order valence-corrected chi connectivity index (χ2v) is 7.97. The van der Waals surface area contributed by atoms with Crippen molar-refractivity contribution in [2.45, 2.75) is 38.6 Å². The van der Waals surface area contributed by atoms with E-state index in [0.29, 0.717) is 19.2 Å². The van der Waals surface area contributed by atoms with Gasteiger partial charge in [0.1, 0.15) is 5.75 Å². The quantitative estimate of drug-likeness (QED) is 0.532. The van der Waals surface area contributed by atoms with Crippen LogP contribution in [0.1, 0.15) is 37.4 Å². The van der Waals surface area contributed by atoms with Crippen LogP contribution in [0.4, 0.5) is 0 Å². The van der Waals surface area contributed by atoms with Crippen molar-refractivity contribution in [1.29, 1.82) is 0 Å². The Morgan fingerprint density at radius 3 is 2.93 bits per heavy atom. The summed E-state index contributed by atoms with van der Waals surface area (Å²) in [4.78, 5) is 4.49. The van der Waals surface area contributed by atoms with E-state index in [1.54, 1.807) is 18.3 Å². The van der Waals surface area contributed by atoms with Crippen molar-refractivity contribution in [3.05, 3.63) is 82.1 Å². The Bertz CT molecular complexity index is 927. The smallest absolute Gasteiger partial charge is 0.458 e. The number of rotatable bonds is 7. The van der Waals surface area contributed by atoms with E-state index in [9.17, 15) is 10.1 Å². The van der Waals surface area contributed by atoms with Gasteiger partial charge in [-0.1, -0.05) is 47.1 Å². The third-order valence-corrected chi connectivity index (χ3v) is 5.52. The van der Waals surface area contributed by atoms with Gasteiger partial charge in [-0.15, -0.1) is 0 Å². The molecule has 0 radical (unpaired) electrons. The third kappa shape index (κ3) is 5.69. The molecule has 0 bridgehead atoms. The standard InChI is InChI=1S/C23H25BBrNO3/c1-3-16(2)20-11-12-24(28)29-23(20)10-7-17(21-6-4-5-13-26-21)14-18-15-19(25)8-9-22(18)27/h4-6,8-9,11,13-15,23,27-28H,2-3,7,10,12H2,1H3/b17-14-. The van der Waals surface area contributed by atoms with Gasteiger partial charge in [0, 0.05) is 22.6 Å². The molecule has 1 aliphatic rings. The molecule has 1 unspecified atom stereocenters. The molecule has 29 heavy (non-hydrogen) atoms. The van der Waals surface area contributed by atoms with Crippen molar-refractivity contribution in [3.63, 3.8) is 0 Å². The number of allylic oxidation sites excluding steroid dienone is 2. The molecule has 1 aliphatic heterocycles. The Hall–Kier alpha value is -2.15. The van der Waals surface area contributed by atoms with Gasteiger partial charge in [-0.3, -0.25) is 4.98 Å². The molecule has 0 amide bonds. The second-order valence-electron chi connectivity index (χ2n) is 7.06. The summed E-state index contributed by atoms with van der Waals surface area (Å²) < 4.78 is 6.72. The summed E-state index contributed by atoms with van der Waals surface area (Å²) in [5, 5.41) is 20.2. The molecule has 6 heteroatoms. The van der Waals surface area contributed by atoms with Gasteiger partial charge in [-0.2, -0.15) is 0 Å². The summed E-state index contributed by atoms with van der Waals surface area (Å²) in [5.41, 5.74) is 4.67. The maximum Gasteiger partial charge on any atom is 0.458 e. The van der Waals surface area contributed by atoms with Crippen LogP contribution in [0.25, 0.3) is 11.6 Å². The topological polar surface area (TPSA) is 62.6 Å². The van der Waals surface area contributed by atoms with Crippen LogP contribution in [-0.2, 0) is 4.65 Å². The van der Waals surface area contributed by atoms with E-state index in [0.717, 1.165) is 38.9 Å². The highest BCUT2D eigenvalue weighted by Crippen LogP contribution is 2.32. The van der Waals surface area contributed by atoms with E-state index in [2.05, 4.69) is 34.4 Å². The highest BCUT2D eigenvalue weighted by Gasteiger charge is 2.28. The Morgan fingerprint density at radius 2 is 2.21 bits per heavy atom. The first-order chi connectivity index (χ1) is 14.0. The Labute approximate surface area is 180 Å². The first kappa shape index (κ1) is 21.6. The van der Waals surface area contributed by atoms with Gasteiger partial charge >= 0.3 is 7.12 Å². The van der Waals surface area contributed by atoms with Gasteiger partial charge in [0.15, 0.2) is 0 Å². The minimum absolute atomic E-state index is 0.214. The molecule has 1 aromatic carbocycles. The molecule has 1 aromatic heterocycles. The summed E-state index contributed by atoms with van der Waals surface area (Å²) in [6, 6.07) is 11.1. The number of phenols is 1. The Kier molecular flexibility index (Phi) is 7.48. The van der Waals surface area contributed by atoms with Crippen molar-refractivity contribution < 1.29 is 14.8 Å². The molecular weight excluding hydrogens is 429 g/mol. The predicted molar refractivity (Wildman–Crippen MR) is 122 cm³/mol. The minimum Gasteiger partial charge on any atom is -0.507 e. The molecule has 0 fully saturated rings. The van der Waals surface area contributed by atoms with Crippen LogP contribution in [-0.4, -0.2) is 28.3 Å². The molecule has 0 aliphatic carbocycles. The van der Waals surface area contributed by atoms with E-state index < -0.39 is 7.12 Å². The first-order valence-corrected chi connectivity index (χ1v) is 10.6. The van der Waals surface area contributed by atoms with E-state index in [-0.39, 0.29) is 11.9 Å². The number of aromatic hydroxyl groups is 1. The highest BCUT2D eigenvalue weighted by molar-refractivity contribution is 9.10. The number of halogens is 1. The van der Waals surface area contributed by atoms with Crippen molar-refractivity contribution in [2.75, 3.05) is 0 Å². The molecular formula is C23H25BBrNO3. The zero-order valence-electron chi connectivity index (χ0n) is 16.5. The van der Waals surface area contributed by atoms with Crippen LogP contribution in [0.15, 0.2) is 70.9 Å².